The Morgan fingerprint density at radius 3 is 2.65 bits per heavy atom. The fourth-order valence-electron chi connectivity index (χ4n) is 2.29. The van der Waals surface area contributed by atoms with E-state index >= 15 is 0 Å². The Bertz CT molecular complexity index is 897. The normalized spacial score (nSPS) is 10.7. The number of carbonyl (C=O) groups excluding carboxylic acids is 1. The molecule has 0 spiro atoms. The van der Waals surface area contributed by atoms with Crippen LogP contribution in [0.2, 0.25) is 0 Å². The van der Waals surface area contributed by atoms with Gasteiger partial charge in [-0.05, 0) is 54.5 Å². The second-order valence-corrected chi connectivity index (χ2v) is 5.35. The number of phenols is 1. The molecule has 0 bridgehead atoms. The summed E-state index contributed by atoms with van der Waals surface area (Å²) < 4.78 is 18.0. The lowest BCUT2D eigenvalue weighted by atomic mass is 10.0. The van der Waals surface area contributed by atoms with Crippen molar-refractivity contribution in [1.29, 1.82) is 5.26 Å². The number of hydrogen-bond donors (Lipinski definition) is 2. The number of benzene rings is 2. The molecule has 0 aliphatic carbocycles. The van der Waals surface area contributed by atoms with Gasteiger partial charge in [0.25, 0.3) is 5.91 Å². The minimum atomic E-state index is -0.628. The summed E-state index contributed by atoms with van der Waals surface area (Å²) in [5, 5.41) is 21.9. The molecule has 0 aliphatic heterocycles. The van der Waals surface area contributed by atoms with Crippen LogP contribution in [0.4, 0.5) is 10.1 Å². The molecule has 0 heterocycles. The van der Waals surface area contributed by atoms with Crippen LogP contribution in [0, 0.1) is 17.1 Å². The summed E-state index contributed by atoms with van der Waals surface area (Å²) in [7, 11) is 1.41. The monoisotopic (exact) mass is 352 g/mol. The fourth-order valence-corrected chi connectivity index (χ4v) is 2.29. The van der Waals surface area contributed by atoms with Crippen molar-refractivity contribution in [3.8, 4) is 17.6 Å². The Kier molecular flexibility index (Phi) is 6.12. The molecule has 0 atom stereocenters. The maximum Gasteiger partial charge on any atom is 0.266 e. The number of allylic oxidation sites excluding steroid dienone is 1. The van der Waals surface area contributed by atoms with Crippen molar-refractivity contribution in [2.45, 2.75) is 6.42 Å². The first-order valence-electron chi connectivity index (χ1n) is 7.68. The van der Waals surface area contributed by atoms with Crippen LogP contribution in [0.25, 0.3) is 6.08 Å². The van der Waals surface area contributed by atoms with E-state index < -0.39 is 11.7 Å². The Hall–Kier alpha value is -3.59. The molecule has 2 aromatic rings. The zero-order valence-electron chi connectivity index (χ0n) is 14.1. The van der Waals surface area contributed by atoms with Gasteiger partial charge in [-0.3, -0.25) is 4.79 Å². The van der Waals surface area contributed by atoms with Gasteiger partial charge in [-0.25, -0.2) is 4.39 Å². The first-order chi connectivity index (χ1) is 12.5. The van der Waals surface area contributed by atoms with E-state index in [1.54, 1.807) is 12.1 Å². The van der Waals surface area contributed by atoms with Gasteiger partial charge in [0.1, 0.15) is 17.5 Å². The second kappa shape index (κ2) is 8.49. The number of phenolic OH excluding ortho intramolecular Hbond substituents is 1. The predicted molar refractivity (Wildman–Crippen MR) is 97.2 cm³/mol. The van der Waals surface area contributed by atoms with Crippen LogP contribution in [0.5, 0.6) is 11.5 Å². The summed E-state index contributed by atoms with van der Waals surface area (Å²) in [4.78, 5) is 12.3. The van der Waals surface area contributed by atoms with Crippen molar-refractivity contribution in [3.63, 3.8) is 0 Å². The van der Waals surface area contributed by atoms with E-state index in [1.807, 2.05) is 6.07 Å². The standard InChI is InChI=1S/C20H17FN2O3/c1-3-4-14-9-13(11-18(26-2)19(14)24)10-15(12-22)20(25)23-17-7-5-16(21)6-8-17/h3,5-11,24H,1,4H2,2H3,(H,23,25)/b15-10+. The van der Waals surface area contributed by atoms with Crippen LogP contribution in [0.3, 0.4) is 0 Å². The van der Waals surface area contributed by atoms with Gasteiger partial charge in [0, 0.05) is 11.3 Å². The molecule has 0 aromatic heterocycles. The molecule has 2 rings (SSSR count). The molecule has 1 amide bonds. The number of nitrogens with zero attached hydrogens (tertiary/aromatic N) is 1. The summed E-state index contributed by atoms with van der Waals surface area (Å²) in [6.07, 6.45) is 3.40. The van der Waals surface area contributed by atoms with E-state index in [4.69, 9.17) is 4.74 Å². The van der Waals surface area contributed by atoms with Crippen molar-refractivity contribution < 1.29 is 19.0 Å². The molecule has 5 nitrogen and oxygen atoms in total. The molecule has 6 heteroatoms. The van der Waals surface area contributed by atoms with Crippen LogP contribution in [-0.4, -0.2) is 18.1 Å². The molecular formula is C20H17FN2O3. The number of aromatic hydroxyl groups is 1. The molecular weight excluding hydrogens is 335 g/mol. The molecule has 2 aromatic carbocycles. The van der Waals surface area contributed by atoms with Crippen molar-refractivity contribution in [1.82, 2.24) is 0 Å². The quantitative estimate of drug-likeness (QED) is 0.470. The number of anilines is 1. The molecule has 26 heavy (non-hydrogen) atoms. The smallest absolute Gasteiger partial charge is 0.266 e. The van der Waals surface area contributed by atoms with Crippen LogP contribution in [-0.2, 0) is 11.2 Å². The maximum atomic E-state index is 12.9. The average Bonchev–Trinajstić information content (AvgIpc) is 2.64. The van der Waals surface area contributed by atoms with Gasteiger partial charge in [-0.15, -0.1) is 6.58 Å². The fraction of sp³-hybridized carbons (Fsp3) is 0.100. The van der Waals surface area contributed by atoms with E-state index in [2.05, 4.69) is 11.9 Å². The maximum absolute atomic E-state index is 12.9. The number of halogens is 1. The van der Waals surface area contributed by atoms with Crippen LogP contribution in [0.1, 0.15) is 11.1 Å². The third kappa shape index (κ3) is 4.48. The van der Waals surface area contributed by atoms with Crippen molar-refractivity contribution in [3.05, 3.63) is 71.6 Å². The van der Waals surface area contributed by atoms with E-state index in [0.29, 0.717) is 23.2 Å². The van der Waals surface area contributed by atoms with Gasteiger partial charge in [-0.1, -0.05) is 6.08 Å². The largest absolute Gasteiger partial charge is 0.504 e. The number of methoxy groups -OCH3 is 1. The average molecular weight is 352 g/mol. The number of ether oxygens (including phenoxy) is 1. The minimum Gasteiger partial charge on any atom is -0.504 e. The SMILES string of the molecule is C=CCc1cc(/C=C(\C#N)C(=O)Nc2ccc(F)cc2)cc(OC)c1O. The number of nitriles is 1. The van der Waals surface area contributed by atoms with Gasteiger partial charge < -0.3 is 15.2 Å². The van der Waals surface area contributed by atoms with Crippen LogP contribution < -0.4 is 10.1 Å². The predicted octanol–water partition coefficient (Wildman–Crippen LogP) is 3.81. The number of rotatable bonds is 6. The molecule has 0 unspecified atom stereocenters. The van der Waals surface area contributed by atoms with E-state index in [0.717, 1.165) is 0 Å². The number of nitrogens with one attached hydrogen (secondary N) is 1. The lowest BCUT2D eigenvalue weighted by molar-refractivity contribution is -0.112. The zero-order valence-corrected chi connectivity index (χ0v) is 14.1. The molecule has 0 radical (unpaired) electrons. The first kappa shape index (κ1) is 18.7. The van der Waals surface area contributed by atoms with Gasteiger partial charge in [0.15, 0.2) is 11.5 Å². The summed E-state index contributed by atoms with van der Waals surface area (Å²) in [5.41, 5.74) is 1.30. The summed E-state index contributed by atoms with van der Waals surface area (Å²) in [6.45, 7) is 3.63. The Morgan fingerprint density at radius 2 is 2.08 bits per heavy atom. The van der Waals surface area contributed by atoms with Crippen LogP contribution in [0.15, 0.2) is 54.6 Å². The van der Waals surface area contributed by atoms with Gasteiger partial charge >= 0.3 is 0 Å². The molecule has 0 saturated heterocycles. The first-order valence-corrected chi connectivity index (χ1v) is 7.68. The van der Waals surface area contributed by atoms with E-state index in [1.165, 1.54) is 43.5 Å². The van der Waals surface area contributed by atoms with Crippen molar-refractivity contribution in [2.75, 3.05) is 12.4 Å². The van der Waals surface area contributed by atoms with Gasteiger partial charge in [0.2, 0.25) is 0 Å². The molecule has 0 aliphatic rings. The third-order valence-corrected chi connectivity index (χ3v) is 3.54. The van der Waals surface area contributed by atoms with Gasteiger partial charge in [0.05, 0.1) is 7.11 Å². The topological polar surface area (TPSA) is 82.4 Å². The molecule has 0 saturated carbocycles. The third-order valence-electron chi connectivity index (χ3n) is 3.54. The minimum absolute atomic E-state index is 0.0150. The number of carbonyl (C=O) groups is 1. The second-order valence-electron chi connectivity index (χ2n) is 5.35. The van der Waals surface area contributed by atoms with E-state index in [9.17, 15) is 19.6 Å². The molecule has 2 N–H and O–H groups in total. The van der Waals surface area contributed by atoms with Crippen molar-refractivity contribution >= 4 is 17.7 Å². The Labute approximate surface area is 150 Å². The zero-order chi connectivity index (χ0) is 19.1. The number of amides is 1. The Balaban J connectivity index is 2.34. The Morgan fingerprint density at radius 1 is 1.38 bits per heavy atom. The van der Waals surface area contributed by atoms with E-state index in [-0.39, 0.29) is 17.1 Å². The highest BCUT2D eigenvalue weighted by Gasteiger charge is 2.13. The van der Waals surface area contributed by atoms with Crippen molar-refractivity contribution in [2.24, 2.45) is 0 Å². The highest BCUT2D eigenvalue weighted by Crippen LogP contribution is 2.32. The lowest BCUT2D eigenvalue weighted by Crippen LogP contribution is -2.13. The summed E-state index contributed by atoms with van der Waals surface area (Å²) in [6, 6.07) is 10.2. The highest BCUT2D eigenvalue weighted by molar-refractivity contribution is 6.09. The van der Waals surface area contributed by atoms with Gasteiger partial charge in [-0.2, -0.15) is 5.26 Å². The number of hydrogen-bond acceptors (Lipinski definition) is 4. The summed E-state index contributed by atoms with van der Waals surface area (Å²) >= 11 is 0. The molecule has 0 fully saturated rings. The van der Waals surface area contributed by atoms with Crippen LogP contribution >= 0.6 is 0 Å². The summed E-state index contributed by atoms with van der Waals surface area (Å²) in [5.74, 6) is -0.841. The molecule has 132 valence electrons. The highest BCUT2D eigenvalue weighted by atomic mass is 19.1. The lowest BCUT2D eigenvalue weighted by Gasteiger charge is -2.10.